The number of benzene rings is 3. The molecule has 0 atom stereocenters. The third kappa shape index (κ3) is 1.59. The average Bonchev–Trinajstić information content (AvgIpc) is 2.39. The Hall–Kier alpha value is -2.08. The summed E-state index contributed by atoms with van der Waals surface area (Å²) >= 11 is 0. The summed E-state index contributed by atoms with van der Waals surface area (Å²) in [6, 6.07) is 26.4. The Morgan fingerprint density at radius 2 is 1.38 bits per heavy atom. The van der Waals surface area contributed by atoms with E-state index < -0.39 is 0 Å². The fourth-order valence-corrected chi connectivity index (χ4v) is 1.90. The molecule has 3 aromatic rings. The van der Waals surface area contributed by atoms with Crippen LogP contribution in [0.4, 0.5) is 0 Å². The number of hydrogen-bond donors (Lipinski definition) is 0. The summed E-state index contributed by atoms with van der Waals surface area (Å²) in [5.41, 5.74) is 2.37. The Balaban J connectivity index is 2.19. The van der Waals surface area contributed by atoms with E-state index in [0.717, 1.165) is 5.56 Å². The standard InChI is InChI=1S/C16H11/c1-2-6-13(7-3-1)16-11-10-14-8-4-5-9-15(14)12-16/h1-11H. The Kier molecular flexibility index (Phi) is 2.19. The molecular weight excluding hydrogens is 192 g/mol. The molecule has 0 aliphatic heterocycles. The van der Waals surface area contributed by atoms with E-state index in [1.165, 1.54) is 16.3 Å². The first kappa shape index (κ1) is 9.17. The Bertz CT molecular complexity index is 609. The minimum absolute atomic E-state index is 1.15. The van der Waals surface area contributed by atoms with Crippen molar-refractivity contribution in [2.45, 2.75) is 0 Å². The van der Waals surface area contributed by atoms with Gasteiger partial charge in [-0.3, -0.25) is 0 Å². The molecule has 0 aromatic heterocycles. The van der Waals surface area contributed by atoms with Crippen molar-refractivity contribution in [3.8, 4) is 11.1 Å². The minimum Gasteiger partial charge on any atom is -0.0622 e. The van der Waals surface area contributed by atoms with Crippen molar-refractivity contribution in [1.29, 1.82) is 0 Å². The van der Waals surface area contributed by atoms with E-state index in [9.17, 15) is 0 Å². The largest absolute Gasteiger partial charge is 0.0622 e. The van der Waals surface area contributed by atoms with Gasteiger partial charge in [0.05, 0.1) is 0 Å². The predicted octanol–water partition coefficient (Wildman–Crippen LogP) is 4.31. The van der Waals surface area contributed by atoms with Crippen LogP contribution in [0.1, 0.15) is 0 Å². The van der Waals surface area contributed by atoms with Crippen molar-refractivity contribution in [2.75, 3.05) is 0 Å². The lowest BCUT2D eigenvalue weighted by Gasteiger charge is -2.02. The summed E-state index contributed by atoms with van der Waals surface area (Å²) in [6.45, 7) is 0. The summed E-state index contributed by atoms with van der Waals surface area (Å²) in [5.74, 6) is 0. The molecule has 1 radical (unpaired) electrons. The van der Waals surface area contributed by atoms with Crippen LogP contribution >= 0.6 is 0 Å². The minimum atomic E-state index is 1.15. The maximum atomic E-state index is 3.44. The Morgan fingerprint density at radius 3 is 2.25 bits per heavy atom. The van der Waals surface area contributed by atoms with Gasteiger partial charge in [-0.2, -0.15) is 0 Å². The number of hydrogen-bond acceptors (Lipinski definition) is 0. The van der Waals surface area contributed by atoms with Gasteiger partial charge >= 0.3 is 0 Å². The van der Waals surface area contributed by atoms with E-state index in [0.29, 0.717) is 0 Å². The topological polar surface area (TPSA) is 0 Å². The van der Waals surface area contributed by atoms with Crippen LogP contribution in [-0.2, 0) is 0 Å². The highest BCUT2D eigenvalue weighted by atomic mass is 14.0. The van der Waals surface area contributed by atoms with Crippen molar-refractivity contribution in [3.05, 3.63) is 72.8 Å². The molecular formula is C16H11. The monoisotopic (exact) mass is 203 g/mol. The third-order valence-electron chi connectivity index (χ3n) is 2.74. The highest BCUT2D eigenvalue weighted by molar-refractivity contribution is 5.86. The van der Waals surface area contributed by atoms with E-state index in [1.807, 2.05) is 12.1 Å². The van der Waals surface area contributed by atoms with Gasteiger partial charge in [-0.1, -0.05) is 66.7 Å². The van der Waals surface area contributed by atoms with Crippen LogP contribution in [0.2, 0.25) is 0 Å². The summed E-state index contributed by atoms with van der Waals surface area (Å²) in [5, 5.41) is 2.41. The first-order valence-electron chi connectivity index (χ1n) is 5.40. The van der Waals surface area contributed by atoms with Crippen molar-refractivity contribution in [1.82, 2.24) is 0 Å². The lowest BCUT2D eigenvalue weighted by molar-refractivity contribution is 1.64. The van der Waals surface area contributed by atoms with Crippen LogP contribution in [-0.4, -0.2) is 0 Å². The van der Waals surface area contributed by atoms with E-state index in [1.54, 1.807) is 0 Å². The molecule has 0 saturated heterocycles. The van der Waals surface area contributed by atoms with Gasteiger partial charge < -0.3 is 0 Å². The first-order chi connectivity index (χ1) is 7.93. The van der Waals surface area contributed by atoms with Crippen LogP contribution in [0.5, 0.6) is 0 Å². The second kappa shape index (κ2) is 3.82. The molecule has 3 aromatic carbocycles. The zero-order chi connectivity index (χ0) is 10.8. The lowest BCUT2D eigenvalue weighted by atomic mass is 10.0. The lowest BCUT2D eigenvalue weighted by Crippen LogP contribution is -1.78. The van der Waals surface area contributed by atoms with Crippen LogP contribution in [0.3, 0.4) is 0 Å². The summed E-state index contributed by atoms with van der Waals surface area (Å²) in [4.78, 5) is 0. The molecule has 0 N–H and O–H groups in total. The smallest absolute Gasteiger partial charge is 0.00143 e. The summed E-state index contributed by atoms with van der Waals surface area (Å²) in [6.07, 6.45) is 0. The molecule has 16 heavy (non-hydrogen) atoms. The second-order valence-corrected chi connectivity index (χ2v) is 3.83. The Morgan fingerprint density at radius 1 is 0.625 bits per heavy atom. The quantitative estimate of drug-likeness (QED) is 0.553. The Labute approximate surface area is 95.2 Å². The van der Waals surface area contributed by atoms with Gasteiger partial charge in [-0.25, -0.2) is 0 Å². The predicted molar refractivity (Wildman–Crippen MR) is 68.2 cm³/mol. The molecule has 0 nitrogen and oxygen atoms in total. The van der Waals surface area contributed by atoms with Crippen LogP contribution in [0.25, 0.3) is 21.9 Å². The molecule has 0 aliphatic rings. The summed E-state index contributed by atoms with van der Waals surface area (Å²) in [7, 11) is 0. The highest BCUT2D eigenvalue weighted by Crippen LogP contribution is 2.23. The van der Waals surface area contributed by atoms with Gasteiger partial charge in [0.2, 0.25) is 0 Å². The van der Waals surface area contributed by atoms with Crippen LogP contribution in [0, 0.1) is 6.07 Å². The van der Waals surface area contributed by atoms with E-state index >= 15 is 0 Å². The second-order valence-electron chi connectivity index (χ2n) is 3.83. The molecule has 0 unspecified atom stereocenters. The SMILES string of the molecule is [c]1c(-c2ccccc2)ccc2ccccc12. The van der Waals surface area contributed by atoms with Crippen molar-refractivity contribution in [3.63, 3.8) is 0 Å². The van der Waals surface area contributed by atoms with Gasteiger partial charge in [0.25, 0.3) is 0 Å². The van der Waals surface area contributed by atoms with E-state index in [2.05, 4.69) is 60.7 Å². The molecule has 0 bridgehead atoms. The van der Waals surface area contributed by atoms with Gasteiger partial charge in [0.15, 0.2) is 0 Å². The van der Waals surface area contributed by atoms with E-state index in [-0.39, 0.29) is 0 Å². The van der Waals surface area contributed by atoms with Crippen molar-refractivity contribution >= 4 is 10.8 Å². The van der Waals surface area contributed by atoms with Gasteiger partial charge in [-0.15, -0.1) is 0 Å². The maximum absolute atomic E-state index is 3.44. The fourth-order valence-electron chi connectivity index (χ4n) is 1.90. The average molecular weight is 203 g/mol. The number of fused-ring (bicyclic) bond motifs is 1. The molecule has 75 valence electrons. The van der Waals surface area contributed by atoms with Gasteiger partial charge in [0.1, 0.15) is 0 Å². The first-order valence-corrected chi connectivity index (χ1v) is 5.40. The van der Waals surface area contributed by atoms with Crippen molar-refractivity contribution < 1.29 is 0 Å². The van der Waals surface area contributed by atoms with Gasteiger partial charge in [-0.05, 0) is 28.0 Å². The zero-order valence-electron chi connectivity index (χ0n) is 8.85. The number of rotatable bonds is 1. The van der Waals surface area contributed by atoms with Crippen LogP contribution in [0.15, 0.2) is 66.7 Å². The molecule has 3 rings (SSSR count). The zero-order valence-corrected chi connectivity index (χ0v) is 8.85. The molecule has 0 heterocycles. The molecule has 0 fully saturated rings. The third-order valence-corrected chi connectivity index (χ3v) is 2.74. The molecule has 0 saturated carbocycles. The van der Waals surface area contributed by atoms with Crippen LogP contribution < -0.4 is 0 Å². The van der Waals surface area contributed by atoms with Gasteiger partial charge in [0, 0.05) is 0 Å². The van der Waals surface area contributed by atoms with E-state index in [4.69, 9.17) is 0 Å². The fraction of sp³-hybridized carbons (Fsp3) is 0. The highest BCUT2D eigenvalue weighted by Gasteiger charge is 1.98. The normalized spacial score (nSPS) is 10.5. The maximum Gasteiger partial charge on any atom is -0.00143 e. The summed E-state index contributed by atoms with van der Waals surface area (Å²) < 4.78 is 0. The molecule has 0 heteroatoms. The molecule has 0 spiro atoms. The molecule has 0 amide bonds. The van der Waals surface area contributed by atoms with Crippen molar-refractivity contribution in [2.24, 2.45) is 0 Å². The molecule has 0 aliphatic carbocycles.